The van der Waals surface area contributed by atoms with E-state index in [0.717, 1.165) is 0 Å². The van der Waals surface area contributed by atoms with Crippen LogP contribution >= 0.6 is 15.9 Å². The van der Waals surface area contributed by atoms with Crippen molar-refractivity contribution in [3.63, 3.8) is 0 Å². The molecule has 0 fully saturated rings. The Bertz CT molecular complexity index is 712. The van der Waals surface area contributed by atoms with Crippen molar-refractivity contribution >= 4 is 27.9 Å². The van der Waals surface area contributed by atoms with Gasteiger partial charge in [0, 0.05) is 4.47 Å². The minimum Gasteiger partial charge on any atom is -0.479 e. The number of carbonyl (C=O) groups excluding carboxylic acids is 2. The van der Waals surface area contributed by atoms with Gasteiger partial charge in [0.2, 0.25) is 5.76 Å². The number of furan rings is 1. The summed E-state index contributed by atoms with van der Waals surface area (Å²) >= 11 is 3.11. The molecule has 122 valence electrons. The highest BCUT2D eigenvalue weighted by molar-refractivity contribution is 9.10. The van der Waals surface area contributed by atoms with Crippen molar-refractivity contribution in [3.05, 3.63) is 52.1 Å². The van der Waals surface area contributed by atoms with E-state index in [2.05, 4.69) is 20.7 Å². The van der Waals surface area contributed by atoms with Crippen LogP contribution in [0.15, 0.2) is 39.2 Å². The molecule has 0 amide bonds. The number of carbonyl (C=O) groups is 2. The minimum atomic E-state index is -0.705. The van der Waals surface area contributed by atoms with E-state index in [-0.39, 0.29) is 23.9 Å². The van der Waals surface area contributed by atoms with Gasteiger partial charge < -0.3 is 18.6 Å². The molecule has 0 N–H and O–H groups in total. The summed E-state index contributed by atoms with van der Waals surface area (Å²) in [6.07, 6.45) is 0. The molecular formula is C15H12BrFO6. The third-order valence-corrected chi connectivity index (χ3v) is 3.16. The van der Waals surface area contributed by atoms with E-state index in [9.17, 15) is 14.0 Å². The van der Waals surface area contributed by atoms with Gasteiger partial charge in [-0.15, -0.1) is 0 Å². The predicted octanol–water partition coefficient (Wildman–Crippen LogP) is 3.09. The monoisotopic (exact) mass is 386 g/mol. The Labute approximate surface area is 139 Å². The first-order valence-corrected chi connectivity index (χ1v) is 7.19. The van der Waals surface area contributed by atoms with Gasteiger partial charge in [-0.3, -0.25) is 0 Å². The summed E-state index contributed by atoms with van der Waals surface area (Å²) < 4.78 is 33.6. The third-order valence-electron chi connectivity index (χ3n) is 2.66. The van der Waals surface area contributed by atoms with Gasteiger partial charge in [-0.1, -0.05) is 15.9 Å². The van der Waals surface area contributed by atoms with Crippen molar-refractivity contribution in [2.45, 2.75) is 6.61 Å². The number of rotatable bonds is 6. The molecule has 6 nitrogen and oxygen atoms in total. The van der Waals surface area contributed by atoms with Crippen molar-refractivity contribution in [2.75, 3.05) is 13.7 Å². The third kappa shape index (κ3) is 4.82. The average Bonchev–Trinajstić information content (AvgIpc) is 3.00. The molecular weight excluding hydrogens is 375 g/mol. The molecule has 0 unspecified atom stereocenters. The number of esters is 2. The molecule has 2 rings (SSSR count). The molecule has 2 aromatic rings. The van der Waals surface area contributed by atoms with Crippen LogP contribution in [0.3, 0.4) is 0 Å². The summed E-state index contributed by atoms with van der Waals surface area (Å²) in [7, 11) is 1.23. The zero-order valence-corrected chi connectivity index (χ0v) is 13.6. The largest absolute Gasteiger partial charge is 0.479 e. The molecule has 1 aromatic carbocycles. The van der Waals surface area contributed by atoms with Gasteiger partial charge in [-0.25, -0.2) is 14.0 Å². The number of ether oxygens (including phenoxy) is 3. The summed E-state index contributed by atoms with van der Waals surface area (Å²) in [4.78, 5) is 22.8. The Morgan fingerprint density at radius 3 is 2.74 bits per heavy atom. The summed E-state index contributed by atoms with van der Waals surface area (Å²) in [5, 5.41) is 0. The van der Waals surface area contributed by atoms with Gasteiger partial charge in [0.25, 0.3) is 0 Å². The van der Waals surface area contributed by atoms with Crippen molar-refractivity contribution < 1.29 is 32.6 Å². The number of hydrogen-bond donors (Lipinski definition) is 0. The zero-order chi connectivity index (χ0) is 16.8. The molecule has 0 bridgehead atoms. The highest BCUT2D eigenvalue weighted by Crippen LogP contribution is 2.21. The van der Waals surface area contributed by atoms with Gasteiger partial charge in [0.15, 0.2) is 18.2 Å². The van der Waals surface area contributed by atoms with Gasteiger partial charge in [0.05, 0.1) is 7.11 Å². The first-order valence-electron chi connectivity index (χ1n) is 6.40. The topological polar surface area (TPSA) is 75.0 Å². The fourth-order valence-electron chi connectivity index (χ4n) is 1.59. The normalized spacial score (nSPS) is 10.2. The first kappa shape index (κ1) is 17.0. The van der Waals surface area contributed by atoms with Crippen LogP contribution in [0.1, 0.15) is 16.3 Å². The van der Waals surface area contributed by atoms with E-state index in [4.69, 9.17) is 13.9 Å². The number of hydrogen-bond acceptors (Lipinski definition) is 6. The zero-order valence-electron chi connectivity index (χ0n) is 12.0. The van der Waals surface area contributed by atoms with Gasteiger partial charge in [-0.05, 0) is 30.3 Å². The number of methoxy groups -OCH3 is 1. The summed E-state index contributed by atoms with van der Waals surface area (Å²) in [5.74, 6) is -1.71. The Balaban J connectivity index is 1.81. The van der Waals surface area contributed by atoms with Crippen molar-refractivity contribution in [3.8, 4) is 5.75 Å². The van der Waals surface area contributed by atoms with E-state index in [1.165, 1.54) is 31.4 Å². The second kappa shape index (κ2) is 7.77. The quantitative estimate of drug-likeness (QED) is 0.710. The Morgan fingerprint density at radius 1 is 1.26 bits per heavy atom. The van der Waals surface area contributed by atoms with Crippen LogP contribution in [0.25, 0.3) is 0 Å². The second-order valence-corrected chi connectivity index (χ2v) is 5.20. The van der Waals surface area contributed by atoms with E-state index < -0.39 is 24.4 Å². The molecule has 0 atom stereocenters. The standard InChI is InChI=1S/C15H12BrFO6/c1-20-15(19)13-5-3-10(23-13)7-22-14(18)8-21-12-4-2-9(16)6-11(12)17/h2-6H,7-8H2,1H3. The first-order chi connectivity index (χ1) is 11.0. The van der Waals surface area contributed by atoms with Gasteiger partial charge in [-0.2, -0.15) is 0 Å². The molecule has 1 heterocycles. The smallest absolute Gasteiger partial charge is 0.373 e. The molecule has 0 aliphatic rings. The van der Waals surface area contributed by atoms with Crippen LogP contribution < -0.4 is 4.74 Å². The molecule has 8 heteroatoms. The number of benzene rings is 1. The van der Waals surface area contributed by atoms with Crippen LogP contribution in [0.4, 0.5) is 4.39 Å². The van der Waals surface area contributed by atoms with Crippen LogP contribution in [0.2, 0.25) is 0 Å². The Morgan fingerprint density at radius 2 is 2.04 bits per heavy atom. The maximum Gasteiger partial charge on any atom is 0.373 e. The minimum absolute atomic E-state index is 0.00623. The van der Waals surface area contributed by atoms with E-state index in [0.29, 0.717) is 4.47 Å². The van der Waals surface area contributed by atoms with Crippen molar-refractivity contribution in [2.24, 2.45) is 0 Å². The SMILES string of the molecule is COC(=O)c1ccc(COC(=O)COc2ccc(Br)cc2F)o1. The average molecular weight is 387 g/mol. The molecule has 0 aliphatic carbocycles. The molecule has 0 saturated carbocycles. The number of halogens is 2. The Hall–Kier alpha value is -2.35. The lowest BCUT2D eigenvalue weighted by atomic mass is 10.3. The second-order valence-electron chi connectivity index (χ2n) is 4.28. The molecule has 0 saturated heterocycles. The lowest BCUT2D eigenvalue weighted by Crippen LogP contribution is -2.15. The fourth-order valence-corrected chi connectivity index (χ4v) is 1.92. The van der Waals surface area contributed by atoms with Gasteiger partial charge >= 0.3 is 11.9 Å². The van der Waals surface area contributed by atoms with Crippen molar-refractivity contribution in [1.29, 1.82) is 0 Å². The lowest BCUT2D eigenvalue weighted by Gasteiger charge is -2.07. The lowest BCUT2D eigenvalue weighted by molar-refractivity contribution is -0.147. The van der Waals surface area contributed by atoms with Crippen LogP contribution in [-0.2, 0) is 20.9 Å². The summed E-state index contributed by atoms with van der Waals surface area (Å²) in [6.45, 7) is -0.634. The maximum absolute atomic E-state index is 13.5. The molecule has 0 radical (unpaired) electrons. The van der Waals surface area contributed by atoms with Crippen molar-refractivity contribution in [1.82, 2.24) is 0 Å². The molecule has 1 aromatic heterocycles. The molecule has 23 heavy (non-hydrogen) atoms. The van der Waals surface area contributed by atoms with Crippen LogP contribution in [0.5, 0.6) is 5.75 Å². The van der Waals surface area contributed by atoms with Crippen LogP contribution in [0, 0.1) is 5.82 Å². The summed E-state index contributed by atoms with van der Waals surface area (Å²) in [5.41, 5.74) is 0. The fraction of sp³-hybridized carbons (Fsp3) is 0.200. The molecule has 0 aliphatic heterocycles. The summed E-state index contributed by atoms with van der Waals surface area (Å²) in [6, 6.07) is 7.08. The predicted molar refractivity (Wildman–Crippen MR) is 79.4 cm³/mol. The van der Waals surface area contributed by atoms with Gasteiger partial charge in [0.1, 0.15) is 12.4 Å². The Kier molecular flexibility index (Phi) is 5.75. The maximum atomic E-state index is 13.5. The highest BCUT2D eigenvalue weighted by atomic mass is 79.9. The highest BCUT2D eigenvalue weighted by Gasteiger charge is 2.13. The molecule has 0 spiro atoms. The van der Waals surface area contributed by atoms with E-state index in [1.54, 1.807) is 6.07 Å². The van der Waals surface area contributed by atoms with E-state index >= 15 is 0 Å². The van der Waals surface area contributed by atoms with Crippen LogP contribution in [-0.4, -0.2) is 25.7 Å². The van der Waals surface area contributed by atoms with E-state index in [1.807, 2.05) is 0 Å².